The molecule has 1 aromatic carbocycles. The van der Waals surface area contributed by atoms with E-state index in [1.807, 2.05) is 30.3 Å². The van der Waals surface area contributed by atoms with Gasteiger partial charge < -0.3 is 4.74 Å². The maximum atomic E-state index is 5.40. The fourth-order valence-corrected chi connectivity index (χ4v) is 3.44. The van der Waals surface area contributed by atoms with Crippen LogP contribution in [0.15, 0.2) is 47.2 Å². The molecule has 3 aromatic heterocycles. The number of para-hydroxylation sites is 1. The molecule has 0 saturated heterocycles. The number of rotatable bonds is 3. The highest BCUT2D eigenvalue weighted by atomic mass is 79.9. The smallest absolute Gasteiger partial charge is 0.235 e. The minimum atomic E-state index is 0.655. The third-order valence-electron chi connectivity index (χ3n) is 3.29. The molecule has 0 aliphatic heterocycles. The average Bonchev–Trinajstić information content (AvgIpc) is 3.15. The van der Waals surface area contributed by atoms with Gasteiger partial charge in [-0.1, -0.05) is 23.5 Å². The van der Waals surface area contributed by atoms with Crippen LogP contribution in [0.3, 0.4) is 0 Å². The molecule has 0 unspecified atom stereocenters. The molecule has 0 saturated carbocycles. The Morgan fingerprint density at radius 3 is 2.87 bits per heavy atom. The fourth-order valence-electron chi connectivity index (χ4n) is 2.26. The average molecular weight is 388 g/mol. The van der Waals surface area contributed by atoms with Crippen molar-refractivity contribution in [1.29, 1.82) is 0 Å². The lowest BCUT2D eigenvalue weighted by atomic mass is 10.2. The number of methoxy groups -OCH3 is 1. The number of ether oxygens (including phenoxy) is 1. The maximum Gasteiger partial charge on any atom is 0.235 e. The Kier molecular flexibility index (Phi) is 3.55. The second-order valence-electron chi connectivity index (χ2n) is 4.72. The lowest BCUT2D eigenvalue weighted by Gasteiger charge is -2.04. The van der Waals surface area contributed by atoms with Crippen LogP contribution in [-0.4, -0.2) is 31.9 Å². The van der Waals surface area contributed by atoms with E-state index in [-0.39, 0.29) is 0 Å². The molecule has 0 atom stereocenters. The van der Waals surface area contributed by atoms with E-state index in [0.717, 1.165) is 31.3 Å². The van der Waals surface area contributed by atoms with Crippen LogP contribution in [0.4, 0.5) is 0 Å². The fraction of sp³-hybridized carbons (Fsp3) is 0.0667. The summed E-state index contributed by atoms with van der Waals surface area (Å²) in [5, 5.41) is 13.9. The molecule has 0 aliphatic rings. The van der Waals surface area contributed by atoms with Crippen molar-refractivity contribution in [2.45, 2.75) is 0 Å². The summed E-state index contributed by atoms with van der Waals surface area (Å²) in [5.41, 5.74) is 1.78. The zero-order chi connectivity index (χ0) is 15.8. The third-order valence-corrected chi connectivity index (χ3v) is 4.67. The lowest BCUT2D eigenvalue weighted by Crippen LogP contribution is -1.94. The van der Waals surface area contributed by atoms with Gasteiger partial charge in [-0.3, -0.25) is 4.98 Å². The molecule has 0 N–H and O–H groups in total. The Morgan fingerprint density at radius 1 is 1.17 bits per heavy atom. The van der Waals surface area contributed by atoms with E-state index >= 15 is 0 Å². The highest BCUT2D eigenvalue weighted by Gasteiger charge is 2.17. The van der Waals surface area contributed by atoms with E-state index in [2.05, 4.69) is 36.2 Å². The Morgan fingerprint density at radius 2 is 2.04 bits per heavy atom. The molecule has 0 radical (unpaired) electrons. The number of hydrogen-bond donors (Lipinski definition) is 0. The van der Waals surface area contributed by atoms with Crippen LogP contribution in [-0.2, 0) is 0 Å². The summed E-state index contributed by atoms with van der Waals surface area (Å²) in [5.74, 6) is 1.39. The highest BCUT2D eigenvalue weighted by molar-refractivity contribution is 9.10. The first kappa shape index (κ1) is 14.3. The van der Waals surface area contributed by atoms with Gasteiger partial charge in [0.2, 0.25) is 4.96 Å². The van der Waals surface area contributed by atoms with Crippen LogP contribution in [0.2, 0.25) is 0 Å². The number of benzene rings is 1. The molecule has 3 heterocycles. The molecule has 8 heteroatoms. The van der Waals surface area contributed by atoms with Gasteiger partial charge in [-0.2, -0.15) is 9.61 Å². The minimum absolute atomic E-state index is 0.655. The molecule has 0 fully saturated rings. The van der Waals surface area contributed by atoms with Gasteiger partial charge >= 0.3 is 0 Å². The molecule has 6 nitrogen and oxygen atoms in total. The third kappa shape index (κ3) is 2.49. The molecule has 23 heavy (non-hydrogen) atoms. The molecular weight excluding hydrogens is 378 g/mol. The van der Waals surface area contributed by atoms with Crippen molar-refractivity contribution in [3.8, 4) is 27.7 Å². The second-order valence-corrected chi connectivity index (χ2v) is 6.59. The van der Waals surface area contributed by atoms with E-state index in [1.165, 1.54) is 11.3 Å². The summed E-state index contributed by atoms with van der Waals surface area (Å²) in [6, 6.07) is 9.66. The van der Waals surface area contributed by atoms with E-state index in [1.54, 1.807) is 24.0 Å². The van der Waals surface area contributed by atoms with Crippen molar-refractivity contribution in [2.75, 3.05) is 7.11 Å². The van der Waals surface area contributed by atoms with Gasteiger partial charge in [0, 0.05) is 22.4 Å². The molecule has 0 bridgehead atoms. The molecule has 4 rings (SSSR count). The standard InChI is InChI=1S/C15H10BrN5OS/c1-22-12-5-3-2-4-11(12)13-18-19-15-21(13)20-14(23-15)9-6-10(16)8-17-7-9/h2-8H,1H3. The number of aromatic nitrogens is 5. The van der Waals surface area contributed by atoms with Gasteiger partial charge in [0.25, 0.3) is 0 Å². The first-order valence-corrected chi connectivity index (χ1v) is 8.34. The zero-order valence-electron chi connectivity index (χ0n) is 12.0. The Labute approximate surface area is 143 Å². The molecular formula is C15H10BrN5OS. The van der Waals surface area contributed by atoms with Gasteiger partial charge in [-0.05, 0) is 34.1 Å². The van der Waals surface area contributed by atoms with Crippen molar-refractivity contribution in [2.24, 2.45) is 0 Å². The predicted octanol–water partition coefficient (Wildman–Crippen LogP) is 3.69. The van der Waals surface area contributed by atoms with Crippen LogP contribution in [0.5, 0.6) is 5.75 Å². The highest BCUT2D eigenvalue weighted by Crippen LogP contribution is 2.32. The van der Waals surface area contributed by atoms with E-state index < -0.39 is 0 Å². The van der Waals surface area contributed by atoms with Crippen molar-refractivity contribution in [1.82, 2.24) is 24.8 Å². The zero-order valence-corrected chi connectivity index (χ0v) is 14.4. The summed E-state index contributed by atoms with van der Waals surface area (Å²) in [6.07, 6.45) is 3.52. The van der Waals surface area contributed by atoms with Crippen molar-refractivity contribution >= 4 is 32.2 Å². The lowest BCUT2D eigenvalue weighted by molar-refractivity contribution is 0.416. The van der Waals surface area contributed by atoms with Gasteiger partial charge in [0.15, 0.2) is 5.82 Å². The number of nitrogens with zero attached hydrogens (tertiary/aromatic N) is 5. The molecule has 0 amide bonds. The van der Waals surface area contributed by atoms with Crippen LogP contribution in [0, 0.1) is 0 Å². The molecule has 0 spiro atoms. The quantitative estimate of drug-likeness (QED) is 0.536. The molecule has 0 aliphatic carbocycles. The topological polar surface area (TPSA) is 65.2 Å². The van der Waals surface area contributed by atoms with Crippen LogP contribution in [0.1, 0.15) is 0 Å². The van der Waals surface area contributed by atoms with E-state index in [4.69, 9.17) is 4.74 Å². The number of fused-ring (bicyclic) bond motifs is 1. The second kappa shape index (κ2) is 5.71. The summed E-state index contributed by atoms with van der Waals surface area (Å²) < 4.78 is 8.05. The summed E-state index contributed by atoms with van der Waals surface area (Å²) in [4.78, 5) is 4.90. The van der Waals surface area contributed by atoms with Gasteiger partial charge in [-0.25, -0.2) is 0 Å². The van der Waals surface area contributed by atoms with Gasteiger partial charge in [-0.15, -0.1) is 10.2 Å². The number of halogens is 1. The van der Waals surface area contributed by atoms with Crippen molar-refractivity contribution in [3.05, 3.63) is 47.2 Å². The van der Waals surface area contributed by atoms with Crippen molar-refractivity contribution in [3.63, 3.8) is 0 Å². The maximum absolute atomic E-state index is 5.40. The van der Waals surface area contributed by atoms with Crippen LogP contribution >= 0.6 is 27.3 Å². The van der Waals surface area contributed by atoms with Gasteiger partial charge in [0.05, 0.1) is 12.7 Å². The number of pyridine rings is 1. The van der Waals surface area contributed by atoms with E-state index in [0.29, 0.717) is 5.82 Å². The predicted molar refractivity (Wildman–Crippen MR) is 91.6 cm³/mol. The monoisotopic (exact) mass is 387 g/mol. The van der Waals surface area contributed by atoms with Crippen LogP contribution in [0.25, 0.3) is 26.9 Å². The van der Waals surface area contributed by atoms with Crippen molar-refractivity contribution < 1.29 is 4.74 Å². The van der Waals surface area contributed by atoms with Crippen LogP contribution < -0.4 is 4.74 Å². The Hall–Kier alpha value is -2.32. The minimum Gasteiger partial charge on any atom is -0.496 e. The Bertz CT molecular complexity index is 996. The summed E-state index contributed by atoms with van der Waals surface area (Å²) in [6.45, 7) is 0. The summed E-state index contributed by atoms with van der Waals surface area (Å²) >= 11 is 4.89. The normalized spacial score (nSPS) is 11.0. The number of hydrogen-bond acceptors (Lipinski definition) is 6. The molecule has 114 valence electrons. The van der Waals surface area contributed by atoms with E-state index in [9.17, 15) is 0 Å². The largest absolute Gasteiger partial charge is 0.496 e. The van der Waals surface area contributed by atoms with Gasteiger partial charge in [0.1, 0.15) is 10.8 Å². The molecule has 4 aromatic rings. The Balaban J connectivity index is 1.87. The first-order chi connectivity index (χ1) is 11.3. The summed E-state index contributed by atoms with van der Waals surface area (Å²) in [7, 11) is 1.64. The SMILES string of the molecule is COc1ccccc1-c1nnc2sc(-c3cncc(Br)c3)nn12. The first-order valence-electron chi connectivity index (χ1n) is 6.73.